The van der Waals surface area contributed by atoms with Crippen molar-refractivity contribution < 1.29 is 0 Å². The number of anilines is 2. The maximum atomic E-state index is 5.85. The molecule has 0 fully saturated rings. The topological polar surface area (TPSA) is 53.9 Å². The molecule has 1 heterocycles. The monoisotopic (exact) mass is 257 g/mol. The molecule has 6 heteroatoms. The molecule has 1 aromatic rings. The van der Waals surface area contributed by atoms with E-state index in [0.717, 1.165) is 19.4 Å². The first-order chi connectivity index (χ1) is 8.06. The smallest absolute Gasteiger partial charge is 0.230 e. The van der Waals surface area contributed by atoms with Crippen molar-refractivity contribution in [2.75, 3.05) is 30.9 Å². The summed E-state index contributed by atoms with van der Waals surface area (Å²) in [4.78, 5) is 14.2. The maximum absolute atomic E-state index is 5.85. The standard InChI is InChI=1S/C11H20ClN5/c1-5-8(6-2)7-13-10-14-9(12)15-11(16-10)17(3)4/h8H,5-7H2,1-4H3,(H,13,14,15,16). The van der Waals surface area contributed by atoms with E-state index in [4.69, 9.17) is 11.6 Å². The number of hydrogen-bond acceptors (Lipinski definition) is 5. The van der Waals surface area contributed by atoms with E-state index in [9.17, 15) is 0 Å². The normalized spacial score (nSPS) is 10.7. The van der Waals surface area contributed by atoms with Gasteiger partial charge < -0.3 is 10.2 Å². The fraction of sp³-hybridized carbons (Fsp3) is 0.727. The molecule has 0 aliphatic heterocycles. The minimum Gasteiger partial charge on any atom is -0.354 e. The van der Waals surface area contributed by atoms with Gasteiger partial charge in [0.25, 0.3) is 0 Å². The van der Waals surface area contributed by atoms with Crippen LogP contribution >= 0.6 is 11.6 Å². The van der Waals surface area contributed by atoms with Gasteiger partial charge in [0.2, 0.25) is 17.2 Å². The first kappa shape index (κ1) is 14.0. The molecule has 0 spiro atoms. The van der Waals surface area contributed by atoms with Crippen LogP contribution in [0.2, 0.25) is 5.28 Å². The molecule has 0 saturated heterocycles. The molecular weight excluding hydrogens is 238 g/mol. The van der Waals surface area contributed by atoms with Crippen molar-refractivity contribution >= 4 is 23.5 Å². The lowest BCUT2D eigenvalue weighted by molar-refractivity contribution is 0.517. The molecule has 0 unspecified atom stereocenters. The first-order valence-corrected chi connectivity index (χ1v) is 6.27. The Morgan fingerprint density at radius 1 is 1.18 bits per heavy atom. The molecule has 96 valence electrons. The average Bonchev–Trinajstić information content (AvgIpc) is 2.29. The summed E-state index contributed by atoms with van der Waals surface area (Å²) in [6, 6.07) is 0. The van der Waals surface area contributed by atoms with E-state index in [1.807, 2.05) is 14.1 Å². The summed E-state index contributed by atoms with van der Waals surface area (Å²) < 4.78 is 0. The van der Waals surface area contributed by atoms with Crippen molar-refractivity contribution in [3.8, 4) is 0 Å². The summed E-state index contributed by atoms with van der Waals surface area (Å²) in [5.74, 6) is 1.74. The van der Waals surface area contributed by atoms with Gasteiger partial charge in [-0.25, -0.2) is 0 Å². The second-order valence-corrected chi connectivity index (χ2v) is 4.52. The third-order valence-corrected chi connectivity index (χ3v) is 2.87. The molecule has 0 radical (unpaired) electrons. The Kier molecular flexibility index (Phi) is 5.41. The van der Waals surface area contributed by atoms with E-state index >= 15 is 0 Å². The molecule has 0 amide bonds. The lowest BCUT2D eigenvalue weighted by Crippen LogP contribution is -2.18. The lowest BCUT2D eigenvalue weighted by atomic mass is 10.0. The highest BCUT2D eigenvalue weighted by molar-refractivity contribution is 6.28. The van der Waals surface area contributed by atoms with Crippen LogP contribution in [0.15, 0.2) is 0 Å². The van der Waals surface area contributed by atoms with Crippen molar-refractivity contribution in [1.29, 1.82) is 0 Å². The van der Waals surface area contributed by atoms with Crippen LogP contribution in [-0.4, -0.2) is 35.6 Å². The van der Waals surface area contributed by atoms with E-state index in [2.05, 4.69) is 34.1 Å². The highest BCUT2D eigenvalue weighted by Crippen LogP contribution is 2.13. The van der Waals surface area contributed by atoms with E-state index in [1.165, 1.54) is 0 Å². The van der Waals surface area contributed by atoms with Crippen LogP contribution in [-0.2, 0) is 0 Å². The Labute approximate surface area is 108 Å². The van der Waals surface area contributed by atoms with Crippen LogP contribution in [0.25, 0.3) is 0 Å². The van der Waals surface area contributed by atoms with Crippen molar-refractivity contribution in [3.05, 3.63) is 5.28 Å². The summed E-state index contributed by atoms with van der Waals surface area (Å²) in [7, 11) is 3.74. The summed E-state index contributed by atoms with van der Waals surface area (Å²) >= 11 is 5.85. The number of hydrogen-bond donors (Lipinski definition) is 1. The van der Waals surface area contributed by atoms with Crippen molar-refractivity contribution in [2.24, 2.45) is 5.92 Å². The number of aromatic nitrogens is 3. The maximum Gasteiger partial charge on any atom is 0.230 e. The Hall–Kier alpha value is -1.10. The molecule has 1 N–H and O–H groups in total. The van der Waals surface area contributed by atoms with Crippen LogP contribution in [0.5, 0.6) is 0 Å². The highest BCUT2D eigenvalue weighted by Gasteiger charge is 2.08. The van der Waals surface area contributed by atoms with E-state index in [1.54, 1.807) is 4.90 Å². The lowest BCUT2D eigenvalue weighted by Gasteiger charge is -2.15. The first-order valence-electron chi connectivity index (χ1n) is 5.89. The molecule has 17 heavy (non-hydrogen) atoms. The van der Waals surface area contributed by atoms with Gasteiger partial charge in [0.15, 0.2) is 0 Å². The largest absolute Gasteiger partial charge is 0.354 e. The third kappa shape index (κ3) is 4.34. The zero-order chi connectivity index (χ0) is 12.8. The van der Waals surface area contributed by atoms with Crippen molar-refractivity contribution in [2.45, 2.75) is 26.7 Å². The number of nitrogens with zero attached hydrogens (tertiary/aromatic N) is 4. The van der Waals surface area contributed by atoms with Crippen LogP contribution in [0.3, 0.4) is 0 Å². The van der Waals surface area contributed by atoms with Gasteiger partial charge in [0, 0.05) is 20.6 Å². The molecule has 0 saturated carbocycles. The summed E-state index contributed by atoms with van der Waals surface area (Å²) in [6.07, 6.45) is 2.28. The Morgan fingerprint density at radius 3 is 2.35 bits per heavy atom. The van der Waals surface area contributed by atoms with E-state index in [0.29, 0.717) is 17.8 Å². The molecular formula is C11H20ClN5. The van der Waals surface area contributed by atoms with Crippen LogP contribution < -0.4 is 10.2 Å². The zero-order valence-corrected chi connectivity index (χ0v) is 11.6. The van der Waals surface area contributed by atoms with Gasteiger partial charge in [-0.05, 0) is 17.5 Å². The average molecular weight is 258 g/mol. The van der Waals surface area contributed by atoms with Crippen LogP contribution in [0.1, 0.15) is 26.7 Å². The second-order valence-electron chi connectivity index (χ2n) is 4.19. The van der Waals surface area contributed by atoms with E-state index in [-0.39, 0.29) is 5.28 Å². The van der Waals surface area contributed by atoms with Gasteiger partial charge in [-0.1, -0.05) is 26.7 Å². The number of rotatable bonds is 6. The van der Waals surface area contributed by atoms with E-state index < -0.39 is 0 Å². The zero-order valence-electron chi connectivity index (χ0n) is 10.9. The van der Waals surface area contributed by atoms with Gasteiger partial charge in [-0.2, -0.15) is 15.0 Å². The van der Waals surface area contributed by atoms with Crippen molar-refractivity contribution in [3.63, 3.8) is 0 Å². The number of halogens is 1. The molecule has 1 aromatic heterocycles. The fourth-order valence-corrected chi connectivity index (χ4v) is 1.59. The third-order valence-electron chi connectivity index (χ3n) is 2.70. The summed E-state index contributed by atoms with van der Waals surface area (Å²) in [6.45, 7) is 5.23. The quantitative estimate of drug-likeness (QED) is 0.848. The molecule has 0 atom stereocenters. The molecule has 0 bridgehead atoms. The van der Waals surface area contributed by atoms with Crippen LogP contribution in [0.4, 0.5) is 11.9 Å². The highest BCUT2D eigenvalue weighted by atomic mass is 35.5. The number of nitrogens with one attached hydrogen (secondary N) is 1. The van der Waals surface area contributed by atoms with Crippen LogP contribution in [0, 0.1) is 5.92 Å². The van der Waals surface area contributed by atoms with Gasteiger partial charge in [0.05, 0.1) is 0 Å². The Balaban J connectivity index is 2.70. The molecule has 0 aliphatic rings. The Morgan fingerprint density at radius 2 is 1.82 bits per heavy atom. The SMILES string of the molecule is CCC(CC)CNc1nc(Cl)nc(N(C)C)n1. The van der Waals surface area contributed by atoms with Gasteiger partial charge in [-0.3, -0.25) is 0 Å². The molecule has 1 rings (SSSR count). The summed E-state index contributed by atoms with van der Waals surface area (Å²) in [5, 5.41) is 3.43. The van der Waals surface area contributed by atoms with Gasteiger partial charge in [-0.15, -0.1) is 0 Å². The second kappa shape index (κ2) is 6.59. The predicted molar refractivity (Wildman–Crippen MR) is 71.7 cm³/mol. The molecule has 0 aliphatic carbocycles. The fourth-order valence-electron chi connectivity index (χ4n) is 1.43. The predicted octanol–water partition coefficient (Wildman–Crippen LogP) is 2.44. The Bertz CT molecular complexity index is 352. The van der Waals surface area contributed by atoms with Gasteiger partial charge in [0.1, 0.15) is 0 Å². The van der Waals surface area contributed by atoms with Crippen molar-refractivity contribution in [1.82, 2.24) is 15.0 Å². The summed E-state index contributed by atoms with van der Waals surface area (Å²) in [5.41, 5.74) is 0. The molecule has 0 aromatic carbocycles. The minimum atomic E-state index is 0.218. The van der Waals surface area contributed by atoms with Gasteiger partial charge >= 0.3 is 0 Å². The minimum absolute atomic E-state index is 0.218. The molecule has 5 nitrogen and oxygen atoms in total.